The first-order valence-corrected chi connectivity index (χ1v) is 8.88. The van der Waals surface area contributed by atoms with E-state index in [2.05, 4.69) is 4.98 Å². The summed E-state index contributed by atoms with van der Waals surface area (Å²) in [5.74, 6) is -0.662. The van der Waals surface area contributed by atoms with E-state index in [1.807, 2.05) is 19.1 Å². The number of hydrogen-bond acceptors (Lipinski definition) is 7. The highest BCUT2D eigenvalue weighted by atomic mass is 35.5. The van der Waals surface area contributed by atoms with Gasteiger partial charge in [-0.05, 0) is 38.1 Å². The first-order valence-electron chi connectivity index (χ1n) is 8.50. The maximum Gasteiger partial charge on any atom is 0.338 e. The first kappa shape index (κ1) is 19.5. The first-order chi connectivity index (χ1) is 13.4. The largest absolute Gasteiger partial charge is 0.494 e. The summed E-state index contributed by atoms with van der Waals surface area (Å²) >= 11 is 6.44. The zero-order chi connectivity index (χ0) is 20.4. The van der Waals surface area contributed by atoms with E-state index in [0.717, 1.165) is 5.39 Å². The third-order valence-electron chi connectivity index (χ3n) is 4.40. The summed E-state index contributed by atoms with van der Waals surface area (Å²) in [6, 6.07) is 9.19. The number of carbonyl (C=O) groups excluding carboxylic acids is 1. The molecule has 2 heterocycles. The molecule has 0 amide bonds. The van der Waals surface area contributed by atoms with E-state index in [0.29, 0.717) is 23.4 Å². The Bertz CT molecular complexity index is 1070. The number of nitrogens with two attached hydrogens (primary N) is 1. The molecular formula is C20H18ClN3O4. The summed E-state index contributed by atoms with van der Waals surface area (Å²) in [4.78, 5) is 16.8. The molecule has 0 fully saturated rings. The highest BCUT2D eigenvalue weighted by Gasteiger charge is 2.37. The molecule has 2 N–H and O–H groups in total. The van der Waals surface area contributed by atoms with E-state index in [9.17, 15) is 10.1 Å². The second kappa shape index (κ2) is 7.79. The zero-order valence-corrected chi connectivity index (χ0v) is 16.3. The third-order valence-corrected chi connectivity index (χ3v) is 4.70. The number of hydrogen-bond donors (Lipinski definition) is 1. The number of allylic oxidation sites excluding steroid dienone is 2. The van der Waals surface area contributed by atoms with Crippen molar-refractivity contribution in [2.45, 2.75) is 19.8 Å². The summed E-state index contributed by atoms with van der Waals surface area (Å²) < 4.78 is 15.8. The van der Waals surface area contributed by atoms with E-state index in [4.69, 9.17) is 31.5 Å². The van der Waals surface area contributed by atoms with E-state index in [1.165, 1.54) is 7.11 Å². The van der Waals surface area contributed by atoms with Crippen molar-refractivity contribution in [1.82, 2.24) is 4.98 Å². The van der Waals surface area contributed by atoms with E-state index in [1.54, 1.807) is 25.1 Å². The number of aromatic nitrogens is 1. The van der Waals surface area contributed by atoms with Crippen LogP contribution in [0.25, 0.3) is 10.9 Å². The summed E-state index contributed by atoms with van der Waals surface area (Å²) in [5, 5.41) is 10.5. The minimum absolute atomic E-state index is 0.0648. The van der Waals surface area contributed by atoms with Crippen LogP contribution < -0.4 is 10.5 Å². The zero-order valence-electron chi connectivity index (χ0n) is 15.6. The standard InChI is InChI=1S/C20H18ClN3O4/c1-4-27-12-5-6-15-11(7-12)8-13(18(21)24-15)17-14(9-22)19(23)28-10(2)16(17)20(25)26-3/h5-8,17H,4,23H2,1-3H3/t17-/m0/s1. The van der Waals surface area contributed by atoms with Gasteiger partial charge in [-0.2, -0.15) is 5.26 Å². The number of nitrogens with zero attached hydrogens (tertiary/aromatic N) is 2. The Morgan fingerprint density at radius 1 is 1.43 bits per heavy atom. The van der Waals surface area contributed by atoms with Crippen molar-refractivity contribution < 1.29 is 19.0 Å². The molecule has 0 aliphatic carbocycles. The predicted molar refractivity (Wildman–Crippen MR) is 103 cm³/mol. The Hall–Kier alpha value is -3.24. The fourth-order valence-electron chi connectivity index (χ4n) is 3.17. The number of pyridine rings is 1. The number of ether oxygens (including phenoxy) is 3. The molecule has 0 bridgehead atoms. The second-order valence-electron chi connectivity index (χ2n) is 6.04. The molecule has 7 nitrogen and oxygen atoms in total. The Morgan fingerprint density at radius 3 is 2.82 bits per heavy atom. The average Bonchev–Trinajstić information content (AvgIpc) is 2.67. The molecule has 0 saturated heterocycles. The van der Waals surface area contributed by atoms with Gasteiger partial charge in [-0.1, -0.05) is 11.6 Å². The number of carbonyl (C=O) groups is 1. The fraction of sp³-hybridized carbons (Fsp3) is 0.250. The topological polar surface area (TPSA) is 107 Å². The quantitative estimate of drug-likeness (QED) is 0.618. The van der Waals surface area contributed by atoms with Gasteiger partial charge in [0.2, 0.25) is 5.88 Å². The molecule has 0 spiro atoms. The minimum Gasteiger partial charge on any atom is -0.494 e. The molecule has 1 aromatic carbocycles. The van der Waals surface area contributed by atoms with Gasteiger partial charge in [0.25, 0.3) is 0 Å². The summed E-state index contributed by atoms with van der Waals surface area (Å²) in [7, 11) is 1.25. The number of benzene rings is 1. The molecule has 144 valence electrons. The maximum absolute atomic E-state index is 12.4. The van der Waals surface area contributed by atoms with Crippen molar-refractivity contribution >= 4 is 28.5 Å². The molecule has 1 atom stereocenters. The Labute approximate surface area is 166 Å². The highest BCUT2D eigenvalue weighted by molar-refractivity contribution is 6.30. The van der Waals surface area contributed by atoms with Crippen molar-refractivity contribution in [2.24, 2.45) is 5.73 Å². The Morgan fingerprint density at radius 2 is 2.18 bits per heavy atom. The number of methoxy groups -OCH3 is 1. The van der Waals surface area contributed by atoms with Crippen LogP contribution in [0.3, 0.4) is 0 Å². The lowest BCUT2D eigenvalue weighted by Crippen LogP contribution is -2.25. The van der Waals surface area contributed by atoms with Crippen LogP contribution in [0, 0.1) is 11.3 Å². The number of rotatable bonds is 4. The van der Waals surface area contributed by atoms with Gasteiger partial charge in [0, 0.05) is 10.9 Å². The van der Waals surface area contributed by atoms with Crippen LogP contribution in [-0.4, -0.2) is 24.7 Å². The van der Waals surface area contributed by atoms with Crippen LogP contribution in [0.2, 0.25) is 5.15 Å². The van der Waals surface area contributed by atoms with Crippen LogP contribution in [0.4, 0.5) is 0 Å². The molecule has 2 aromatic rings. The van der Waals surface area contributed by atoms with Crippen molar-refractivity contribution in [3.05, 3.63) is 57.8 Å². The van der Waals surface area contributed by atoms with Crippen molar-refractivity contribution in [3.63, 3.8) is 0 Å². The van der Waals surface area contributed by atoms with E-state index < -0.39 is 11.9 Å². The normalized spacial score (nSPS) is 16.6. The lowest BCUT2D eigenvalue weighted by molar-refractivity contribution is -0.136. The monoisotopic (exact) mass is 399 g/mol. The molecule has 28 heavy (non-hydrogen) atoms. The smallest absolute Gasteiger partial charge is 0.338 e. The highest BCUT2D eigenvalue weighted by Crippen LogP contribution is 2.42. The van der Waals surface area contributed by atoms with Gasteiger partial charge < -0.3 is 19.9 Å². The molecule has 0 unspecified atom stereocenters. The fourth-order valence-corrected chi connectivity index (χ4v) is 3.43. The molecule has 1 aromatic heterocycles. The van der Waals surface area contributed by atoms with Gasteiger partial charge in [0.1, 0.15) is 28.3 Å². The van der Waals surface area contributed by atoms with Gasteiger partial charge in [-0.3, -0.25) is 0 Å². The van der Waals surface area contributed by atoms with Crippen molar-refractivity contribution in [2.75, 3.05) is 13.7 Å². The van der Waals surface area contributed by atoms with Gasteiger partial charge in [0.15, 0.2) is 0 Å². The van der Waals surface area contributed by atoms with E-state index in [-0.39, 0.29) is 27.9 Å². The number of halogens is 1. The average molecular weight is 400 g/mol. The van der Waals surface area contributed by atoms with Crippen LogP contribution in [0.5, 0.6) is 5.75 Å². The number of fused-ring (bicyclic) bond motifs is 1. The van der Waals surface area contributed by atoms with Crippen LogP contribution in [-0.2, 0) is 14.3 Å². The maximum atomic E-state index is 12.4. The lowest BCUT2D eigenvalue weighted by atomic mass is 9.83. The molecule has 1 aliphatic heterocycles. The van der Waals surface area contributed by atoms with E-state index >= 15 is 0 Å². The summed E-state index contributed by atoms with van der Waals surface area (Å²) in [6.07, 6.45) is 0. The van der Waals surface area contributed by atoms with Crippen molar-refractivity contribution in [3.8, 4) is 11.8 Å². The summed E-state index contributed by atoms with van der Waals surface area (Å²) in [5.41, 5.74) is 7.22. The number of esters is 1. The lowest BCUT2D eigenvalue weighted by Gasteiger charge is -2.27. The molecule has 0 saturated carbocycles. The molecular weight excluding hydrogens is 382 g/mol. The van der Waals surface area contributed by atoms with Gasteiger partial charge >= 0.3 is 5.97 Å². The number of nitriles is 1. The molecule has 0 radical (unpaired) electrons. The SMILES string of the molecule is CCOc1ccc2nc(Cl)c([C@H]3C(C#N)=C(N)OC(C)=C3C(=O)OC)cc2c1. The Balaban J connectivity index is 2.26. The van der Waals surface area contributed by atoms with Crippen LogP contribution in [0.15, 0.2) is 47.1 Å². The molecule has 8 heteroatoms. The minimum atomic E-state index is -0.855. The summed E-state index contributed by atoms with van der Waals surface area (Å²) in [6.45, 7) is 3.99. The van der Waals surface area contributed by atoms with Gasteiger partial charge in [-0.15, -0.1) is 0 Å². The van der Waals surface area contributed by atoms with Crippen LogP contribution in [0.1, 0.15) is 25.3 Å². The molecule has 1 aliphatic rings. The van der Waals surface area contributed by atoms with Crippen molar-refractivity contribution in [1.29, 1.82) is 5.26 Å². The third kappa shape index (κ3) is 3.35. The van der Waals surface area contributed by atoms with Gasteiger partial charge in [-0.25, -0.2) is 9.78 Å². The predicted octanol–water partition coefficient (Wildman–Crippen LogP) is 3.54. The van der Waals surface area contributed by atoms with Crippen LogP contribution >= 0.6 is 11.6 Å². The second-order valence-corrected chi connectivity index (χ2v) is 6.40. The van der Waals surface area contributed by atoms with Gasteiger partial charge in [0.05, 0.1) is 30.7 Å². The molecule has 3 rings (SSSR count). The Kier molecular flexibility index (Phi) is 5.43.